The number of carbonyl (C=O) groups excluding carboxylic acids is 1. The first kappa shape index (κ1) is 10.8. The molecule has 0 radical (unpaired) electrons. The maximum Gasteiger partial charge on any atom is 0.214 e. The Kier molecular flexibility index (Phi) is 2.99. The first-order valence-electron chi connectivity index (χ1n) is 5.27. The highest BCUT2D eigenvalue weighted by Gasteiger charge is 2.23. The molecule has 4 nitrogen and oxygen atoms in total. The third-order valence-electron chi connectivity index (χ3n) is 2.86. The molecule has 0 aromatic heterocycles. The van der Waals surface area contributed by atoms with Crippen LogP contribution in [0.2, 0.25) is 0 Å². The van der Waals surface area contributed by atoms with E-state index in [1.54, 1.807) is 19.1 Å². The van der Waals surface area contributed by atoms with E-state index < -0.39 is 0 Å². The number of ether oxygens (including phenoxy) is 2. The molecule has 0 saturated carbocycles. The van der Waals surface area contributed by atoms with Gasteiger partial charge in [-0.3, -0.25) is 4.79 Å². The number of hydrogen-bond donors (Lipinski definition) is 0. The van der Waals surface area contributed by atoms with Crippen molar-refractivity contribution < 1.29 is 14.3 Å². The monoisotopic (exact) mass is 221 g/mol. The lowest BCUT2D eigenvalue weighted by Gasteiger charge is -2.28. The summed E-state index contributed by atoms with van der Waals surface area (Å²) in [6.45, 7) is 0.736. The quantitative estimate of drug-likeness (QED) is 0.728. The SMILES string of the molecule is COc1ccc2c(c1OC)N(C=O)CCC2. The zero-order chi connectivity index (χ0) is 11.5. The third-order valence-corrected chi connectivity index (χ3v) is 2.86. The molecule has 1 aromatic carbocycles. The zero-order valence-corrected chi connectivity index (χ0v) is 9.53. The Hall–Kier alpha value is -1.71. The summed E-state index contributed by atoms with van der Waals surface area (Å²) in [6.07, 6.45) is 2.81. The smallest absolute Gasteiger partial charge is 0.214 e. The van der Waals surface area contributed by atoms with Crippen LogP contribution in [-0.4, -0.2) is 27.2 Å². The van der Waals surface area contributed by atoms with Crippen LogP contribution in [0.5, 0.6) is 11.5 Å². The van der Waals surface area contributed by atoms with Crippen molar-refractivity contribution in [3.05, 3.63) is 17.7 Å². The Morgan fingerprint density at radius 2 is 2.12 bits per heavy atom. The van der Waals surface area contributed by atoms with Gasteiger partial charge in [0.25, 0.3) is 0 Å². The Morgan fingerprint density at radius 1 is 1.31 bits per heavy atom. The second-order valence-corrected chi connectivity index (χ2v) is 3.71. The van der Waals surface area contributed by atoms with E-state index in [2.05, 4.69) is 0 Å². The average Bonchev–Trinajstić information content (AvgIpc) is 2.36. The van der Waals surface area contributed by atoms with Crippen molar-refractivity contribution in [1.29, 1.82) is 0 Å². The third kappa shape index (κ3) is 1.60. The molecule has 0 unspecified atom stereocenters. The van der Waals surface area contributed by atoms with E-state index in [-0.39, 0.29) is 0 Å². The summed E-state index contributed by atoms with van der Waals surface area (Å²) in [4.78, 5) is 12.7. The van der Waals surface area contributed by atoms with E-state index in [1.807, 2.05) is 12.1 Å². The summed E-state index contributed by atoms with van der Waals surface area (Å²) < 4.78 is 10.6. The van der Waals surface area contributed by atoms with Crippen molar-refractivity contribution >= 4 is 12.1 Å². The Labute approximate surface area is 94.8 Å². The molecule has 0 bridgehead atoms. The number of nitrogens with zero attached hydrogens (tertiary/aromatic N) is 1. The van der Waals surface area contributed by atoms with E-state index in [1.165, 1.54) is 0 Å². The van der Waals surface area contributed by atoms with Gasteiger partial charge in [0.2, 0.25) is 6.41 Å². The number of aryl methyl sites for hydroxylation is 1. The van der Waals surface area contributed by atoms with Gasteiger partial charge in [-0.25, -0.2) is 0 Å². The zero-order valence-electron chi connectivity index (χ0n) is 9.53. The van der Waals surface area contributed by atoms with Gasteiger partial charge in [0.15, 0.2) is 11.5 Å². The summed E-state index contributed by atoms with van der Waals surface area (Å²) in [5.41, 5.74) is 1.99. The van der Waals surface area contributed by atoms with Gasteiger partial charge in [-0.2, -0.15) is 0 Å². The largest absolute Gasteiger partial charge is 0.493 e. The van der Waals surface area contributed by atoms with E-state index in [0.29, 0.717) is 11.5 Å². The fourth-order valence-corrected chi connectivity index (χ4v) is 2.13. The number of hydrogen-bond acceptors (Lipinski definition) is 3. The van der Waals surface area contributed by atoms with E-state index >= 15 is 0 Å². The predicted molar refractivity (Wildman–Crippen MR) is 61.3 cm³/mol. The summed E-state index contributed by atoms with van der Waals surface area (Å²) in [6, 6.07) is 3.87. The Morgan fingerprint density at radius 3 is 2.75 bits per heavy atom. The van der Waals surface area contributed by atoms with Crippen LogP contribution < -0.4 is 14.4 Å². The lowest BCUT2D eigenvalue weighted by atomic mass is 10.0. The average molecular weight is 221 g/mol. The first-order valence-corrected chi connectivity index (χ1v) is 5.27. The molecule has 0 fully saturated rings. The van der Waals surface area contributed by atoms with Crippen molar-refractivity contribution in [1.82, 2.24) is 0 Å². The molecule has 1 heterocycles. The van der Waals surface area contributed by atoms with E-state index in [0.717, 1.165) is 37.0 Å². The first-order chi connectivity index (χ1) is 7.81. The van der Waals surface area contributed by atoms with Gasteiger partial charge in [0, 0.05) is 6.54 Å². The number of rotatable bonds is 3. The molecule has 0 atom stereocenters. The molecule has 1 aliphatic heterocycles. The van der Waals surface area contributed by atoms with Gasteiger partial charge in [0.05, 0.1) is 19.9 Å². The highest BCUT2D eigenvalue weighted by atomic mass is 16.5. The van der Waals surface area contributed by atoms with E-state index in [4.69, 9.17) is 9.47 Å². The summed E-state index contributed by atoms with van der Waals surface area (Å²) in [5, 5.41) is 0. The minimum absolute atomic E-state index is 0.645. The molecule has 86 valence electrons. The minimum Gasteiger partial charge on any atom is -0.493 e. The van der Waals surface area contributed by atoms with Crippen LogP contribution in [0, 0.1) is 0 Å². The van der Waals surface area contributed by atoms with Gasteiger partial charge in [-0.05, 0) is 24.5 Å². The highest BCUT2D eigenvalue weighted by molar-refractivity contribution is 5.83. The van der Waals surface area contributed by atoms with Gasteiger partial charge in [-0.15, -0.1) is 0 Å². The standard InChI is InChI=1S/C12H15NO3/c1-15-10-6-5-9-4-3-7-13(8-14)11(9)12(10)16-2/h5-6,8H,3-4,7H2,1-2H3. The summed E-state index contributed by atoms with van der Waals surface area (Å²) in [5.74, 6) is 1.31. The molecule has 0 aliphatic carbocycles. The molecule has 1 aliphatic rings. The van der Waals surface area contributed by atoms with Crippen molar-refractivity contribution in [2.24, 2.45) is 0 Å². The van der Waals surface area contributed by atoms with Gasteiger partial charge in [-0.1, -0.05) is 6.07 Å². The van der Waals surface area contributed by atoms with E-state index in [9.17, 15) is 4.79 Å². The normalized spacial score (nSPS) is 14.2. The van der Waals surface area contributed by atoms with Crippen molar-refractivity contribution in [2.45, 2.75) is 12.8 Å². The molecule has 1 aromatic rings. The van der Waals surface area contributed by atoms with Gasteiger partial charge in [0.1, 0.15) is 0 Å². The second-order valence-electron chi connectivity index (χ2n) is 3.71. The van der Waals surface area contributed by atoms with Crippen LogP contribution in [0.15, 0.2) is 12.1 Å². The van der Waals surface area contributed by atoms with Crippen molar-refractivity contribution in [3.63, 3.8) is 0 Å². The fourth-order valence-electron chi connectivity index (χ4n) is 2.13. The second kappa shape index (κ2) is 4.43. The van der Waals surface area contributed by atoms with Crippen LogP contribution in [0.3, 0.4) is 0 Å². The topological polar surface area (TPSA) is 38.8 Å². The molecule has 0 N–H and O–H groups in total. The predicted octanol–water partition coefficient (Wildman–Crippen LogP) is 1.61. The summed E-state index contributed by atoms with van der Waals surface area (Å²) >= 11 is 0. The summed E-state index contributed by atoms with van der Waals surface area (Å²) in [7, 11) is 3.19. The van der Waals surface area contributed by atoms with Crippen LogP contribution >= 0.6 is 0 Å². The lowest BCUT2D eigenvalue weighted by molar-refractivity contribution is -0.107. The maximum absolute atomic E-state index is 11.0. The molecule has 4 heteroatoms. The Bertz CT molecular complexity index is 403. The number of amides is 1. The van der Waals surface area contributed by atoms with Crippen LogP contribution in [0.25, 0.3) is 0 Å². The number of fused-ring (bicyclic) bond motifs is 1. The minimum atomic E-state index is 0.645. The lowest BCUT2D eigenvalue weighted by Crippen LogP contribution is -2.28. The molecule has 0 spiro atoms. The van der Waals surface area contributed by atoms with Crippen LogP contribution in [0.1, 0.15) is 12.0 Å². The number of carbonyl (C=O) groups is 1. The maximum atomic E-state index is 11.0. The number of methoxy groups -OCH3 is 2. The number of anilines is 1. The molecule has 16 heavy (non-hydrogen) atoms. The van der Waals surface area contributed by atoms with Gasteiger partial charge < -0.3 is 14.4 Å². The molecular weight excluding hydrogens is 206 g/mol. The van der Waals surface area contributed by atoms with Crippen molar-refractivity contribution in [2.75, 3.05) is 25.7 Å². The van der Waals surface area contributed by atoms with Gasteiger partial charge >= 0.3 is 0 Å². The fraction of sp³-hybridized carbons (Fsp3) is 0.417. The Balaban J connectivity index is 2.58. The molecule has 1 amide bonds. The van der Waals surface area contributed by atoms with Crippen LogP contribution in [0.4, 0.5) is 5.69 Å². The van der Waals surface area contributed by atoms with Crippen LogP contribution in [-0.2, 0) is 11.2 Å². The highest BCUT2D eigenvalue weighted by Crippen LogP contribution is 2.42. The number of benzene rings is 1. The van der Waals surface area contributed by atoms with Crippen molar-refractivity contribution in [3.8, 4) is 11.5 Å². The molecule has 2 rings (SSSR count). The molecule has 0 saturated heterocycles. The molecular formula is C12H15NO3.